The number of rotatable bonds is 2. The Bertz CT molecular complexity index is 830. The van der Waals surface area contributed by atoms with Crippen molar-refractivity contribution in [3.05, 3.63) is 61.0 Å². The maximum absolute atomic E-state index is 12.4. The predicted octanol–water partition coefficient (Wildman–Crippen LogP) is 6.07. The molecule has 0 radical (unpaired) electrons. The highest BCUT2D eigenvalue weighted by Crippen LogP contribution is 2.39. The summed E-state index contributed by atoms with van der Waals surface area (Å²) in [5.41, 5.74) is 0.736. The fourth-order valence-corrected chi connectivity index (χ4v) is 4.15. The molecule has 0 bridgehead atoms. The van der Waals surface area contributed by atoms with Crippen LogP contribution in [0.1, 0.15) is 9.67 Å². The molecule has 0 aliphatic heterocycles. The number of fused-ring (bicyclic) bond motifs is 1. The summed E-state index contributed by atoms with van der Waals surface area (Å²) in [5.74, 6) is -0.224. The lowest BCUT2D eigenvalue weighted by Gasteiger charge is -2.04. The second-order valence-electron chi connectivity index (χ2n) is 4.32. The van der Waals surface area contributed by atoms with Crippen LogP contribution in [0.5, 0.6) is 0 Å². The van der Waals surface area contributed by atoms with Gasteiger partial charge in [-0.1, -0.05) is 29.3 Å². The summed E-state index contributed by atoms with van der Waals surface area (Å²) in [6.07, 6.45) is 0. The third kappa shape index (κ3) is 3.04. The van der Waals surface area contributed by atoms with Gasteiger partial charge in [-0.3, -0.25) is 4.79 Å². The minimum atomic E-state index is -0.224. The van der Waals surface area contributed by atoms with Gasteiger partial charge in [-0.05, 0) is 59.0 Å². The zero-order valence-electron chi connectivity index (χ0n) is 10.5. The summed E-state index contributed by atoms with van der Waals surface area (Å²) < 4.78 is 2.01. The van der Waals surface area contributed by atoms with Crippen molar-refractivity contribution in [1.82, 2.24) is 0 Å². The first-order valence-corrected chi connectivity index (χ1v) is 8.65. The third-order valence-corrected chi connectivity index (χ3v) is 5.59. The van der Waals surface area contributed by atoms with E-state index in [1.165, 1.54) is 11.3 Å². The lowest BCUT2D eigenvalue weighted by atomic mass is 10.2. The number of amides is 1. The molecule has 106 valence electrons. The number of hydrogen-bond acceptors (Lipinski definition) is 2. The van der Waals surface area contributed by atoms with Crippen molar-refractivity contribution in [1.29, 1.82) is 0 Å². The Labute approximate surface area is 149 Å². The molecule has 1 heterocycles. The van der Waals surface area contributed by atoms with Crippen LogP contribution in [0.25, 0.3) is 10.1 Å². The van der Waals surface area contributed by atoms with Crippen molar-refractivity contribution < 1.29 is 4.79 Å². The van der Waals surface area contributed by atoms with Crippen molar-refractivity contribution in [3.63, 3.8) is 0 Å². The minimum Gasteiger partial charge on any atom is -0.321 e. The lowest BCUT2D eigenvalue weighted by Crippen LogP contribution is -2.10. The fourth-order valence-electron chi connectivity index (χ4n) is 1.94. The van der Waals surface area contributed by atoms with Crippen LogP contribution < -0.4 is 5.32 Å². The number of benzene rings is 2. The zero-order chi connectivity index (χ0) is 15.0. The Morgan fingerprint density at radius 3 is 2.48 bits per heavy atom. The smallest absolute Gasteiger partial charge is 0.267 e. The normalized spacial score (nSPS) is 10.8. The van der Waals surface area contributed by atoms with E-state index in [2.05, 4.69) is 27.9 Å². The van der Waals surface area contributed by atoms with E-state index in [1.807, 2.05) is 36.4 Å². The first-order chi connectivity index (χ1) is 10.1. The highest BCUT2D eigenvalue weighted by Gasteiger charge is 2.18. The topological polar surface area (TPSA) is 29.1 Å². The van der Waals surface area contributed by atoms with E-state index in [-0.39, 0.29) is 5.91 Å². The maximum Gasteiger partial charge on any atom is 0.267 e. The summed E-state index contributed by atoms with van der Waals surface area (Å²) in [5, 5.41) is 4.55. The molecule has 21 heavy (non-hydrogen) atoms. The van der Waals surface area contributed by atoms with Gasteiger partial charge in [0.05, 0.1) is 10.0 Å². The van der Waals surface area contributed by atoms with Gasteiger partial charge in [0.25, 0.3) is 5.91 Å². The summed E-state index contributed by atoms with van der Waals surface area (Å²) in [4.78, 5) is 12.8. The summed E-state index contributed by atoms with van der Waals surface area (Å²) in [6.45, 7) is 0. The Kier molecular flexibility index (Phi) is 4.40. The fraction of sp³-hybridized carbons (Fsp3) is 0. The van der Waals surface area contributed by atoms with Gasteiger partial charge in [-0.2, -0.15) is 0 Å². The van der Waals surface area contributed by atoms with Gasteiger partial charge in [0.2, 0.25) is 0 Å². The van der Waals surface area contributed by atoms with Gasteiger partial charge in [0.1, 0.15) is 4.88 Å². The van der Waals surface area contributed by atoms with E-state index in [4.69, 9.17) is 23.2 Å². The monoisotopic (exact) mass is 447 g/mol. The summed E-state index contributed by atoms with van der Waals surface area (Å²) in [7, 11) is 0. The van der Waals surface area contributed by atoms with Crippen LogP contribution in [0, 0.1) is 3.57 Å². The van der Waals surface area contributed by atoms with Crippen molar-refractivity contribution >= 4 is 78.8 Å². The molecule has 2 nitrogen and oxygen atoms in total. The maximum atomic E-state index is 12.4. The molecule has 0 fully saturated rings. The molecule has 0 saturated heterocycles. The molecule has 1 amide bonds. The van der Waals surface area contributed by atoms with Crippen molar-refractivity contribution in [2.45, 2.75) is 0 Å². The van der Waals surface area contributed by atoms with Crippen LogP contribution in [0.15, 0.2) is 42.5 Å². The average Bonchev–Trinajstić information content (AvgIpc) is 2.80. The molecule has 0 saturated carbocycles. The van der Waals surface area contributed by atoms with Gasteiger partial charge in [-0.25, -0.2) is 0 Å². The quantitative estimate of drug-likeness (QED) is 0.475. The molecule has 6 heteroatoms. The number of carbonyl (C=O) groups is 1. The molecule has 3 aromatic rings. The number of thiophene rings is 1. The first kappa shape index (κ1) is 15.1. The Morgan fingerprint density at radius 1 is 1.10 bits per heavy atom. The second kappa shape index (κ2) is 6.12. The standard InChI is InChI=1S/C15H8Cl2INOS/c16-10-2-1-3-11-12(10)13(17)14(21-11)15(20)19-9-6-4-8(18)5-7-9/h1-7H,(H,19,20). The zero-order valence-corrected chi connectivity index (χ0v) is 15.0. The van der Waals surface area contributed by atoms with Crippen LogP contribution >= 0.6 is 57.1 Å². The van der Waals surface area contributed by atoms with Crippen molar-refractivity contribution in [2.75, 3.05) is 5.32 Å². The molecular formula is C15H8Cl2INOS. The molecule has 0 aliphatic carbocycles. The van der Waals surface area contributed by atoms with E-state index >= 15 is 0 Å². The largest absolute Gasteiger partial charge is 0.321 e. The highest BCUT2D eigenvalue weighted by atomic mass is 127. The number of carbonyl (C=O) groups excluding carboxylic acids is 1. The number of nitrogens with one attached hydrogen (secondary N) is 1. The Balaban J connectivity index is 1.96. The molecule has 0 atom stereocenters. The van der Waals surface area contributed by atoms with Crippen molar-refractivity contribution in [3.8, 4) is 0 Å². The van der Waals surface area contributed by atoms with Gasteiger partial charge < -0.3 is 5.32 Å². The van der Waals surface area contributed by atoms with Crippen LogP contribution in [0.4, 0.5) is 5.69 Å². The van der Waals surface area contributed by atoms with Gasteiger partial charge >= 0.3 is 0 Å². The molecule has 2 aromatic carbocycles. The van der Waals surface area contributed by atoms with E-state index in [0.29, 0.717) is 14.9 Å². The van der Waals surface area contributed by atoms with Crippen LogP contribution in [0.2, 0.25) is 10.0 Å². The molecule has 3 rings (SSSR count). The van der Waals surface area contributed by atoms with E-state index in [9.17, 15) is 4.79 Å². The van der Waals surface area contributed by atoms with Gasteiger partial charge in [0.15, 0.2) is 0 Å². The van der Waals surface area contributed by atoms with E-state index in [0.717, 1.165) is 19.3 Å². The summed E-state index contributed by atoms with van der Waals surface area (Å²) in [6, 6.07) is 13.1. The van der Waals surface area contributed by atoms with E-state index in [1.54, 1.807) is 6.07 Å². The first-order valence-electron chi connectivity index (χ1n) is 5.99. The molecule has 0 aliphatic rings. The Hall–Kier alpha value is -0.820. The second-order valence-corrected chi connectivity index (χ2v) is 7.40. The van der Waals surface area contributed by atoms with Crippen LogP contribution in [0.3, 0.4) is 0 Å². The molecule has 0 unspecified atom stereocenters. The molecular weight excluding hydrogens is 440 g/mol. The number of hydrogen-bond donors (Lipinski definition) is 1. The Morgan fingerprint density at radius 2 is 1.81 bits per heavy atom. The summed E-state index contributed by atoms with van der Waals surface area (Å²) >= 11 is 16.0. The van der Waals surface area contributed by atoms with Crippen LogP contribution in [-0.4, -0.2) is 5.91 Å². The van der Waals surface area contributed by atoms with Crippen LogP contribution in [-0.2, 0) is 0 Å². The number of halogens is 3. The SMILES string of the molecule is O=C(Nc1ccc(I)cc1)c1sc2cccc(Cl)c2c1Cl. The van der Waals surface area contributed by atoms with Crippen molar-refractivity contribution in [2.24, 2.45) is 0 Å². The van der Waals surface area contributed by atoms with Gasteiger partial charge in [0, 0.05) is 19.3 Å². The van der Waals surface area contributed by atoms with E-state index < -0.39 is 0 Å². The minimum absolute atomic E-state index is 0.224. The molecule has 0 spiro atoms. The average molecular weight is 448 g/mol. The third-order valence-electron chi connectivity index (χ3n) is 2.91. The highest BCUT2D eigenvalue weighted by molar-refractivity contribution is 14.1. The lowest BCUT2D eigenvalue weighted by molar-refractivity contribution is 0.103. The predicted molar refractivity (Wildman–Crippen MR) is 99.0 cm³/mol. The molecule has 1 N–H and O–H groups in total. The number of anilines is 1. The molecule has 1 aromatic heterocycles. The van der Waals surface area contributed by atoms with Gasteiger partial charge in [-0.15, -0.1) is 11.3 Å².